The van der Waals surface area contributed by atoms with Crippen LogP contribution in [0.3, 0.4) is 0 Å². The topological polar surface area (TPSA) is 47.0 Å². The van der Waals surface area contributed by atoms with Crippen LogP contribution in [0.4, 0.5) is 0 Å². The van der Waals surface area contributed by atoms with Crippen LogP contribution in [0.25, 0.3) is 5.57 Å². The van der Waals surface area contributed by atoms with E-state index in [0.29, 0.717) is 6.01 Å². The Morgan fingerprint density at radius 2 is 2.54 bits per heavy atom. The van der Waals surface area contributed by atoms with Gasteiger partial charge in [0.05, 0.1) is 7.11 Å². The minimum atomic E-state index is 0.464. The van der Waals surface area contributed by atoms with Gasteiger partial charge in [-0.05, 0) is 30.1 Å². The van der Waals surface area contributed by atoms with E-state index in [1.54, 1.807) is 7.11 Å². The van der Waals surface area contributed by atoms with Crippen molar-refractivity contribution in [1.29, 1.82) is 0 Å². The molecule has 0 aliphatic carbocycles. The van der Waals surface area contributed by atoms with Gasteiger partial charge in [-0.25, -0.2) is 0 Å². The van der Waals surface area contributed by atoms with Crippen LogP contribution in [0.15, 0.2) is 6.08 Å². The van der Waals surface area contributed by atoms with Gasteiger partial charge in [0.2, 0.25) is 0 Å². The monoisotopic (exact) mass is 197 g/mol. The van der Waals surface area contributed by atoms with E-state index in [-0.39, 0.29) is 0 Å². The molecular weight excluding hydrogens is 186 g/mol. The fourth-order valence-electron chi connectivity index (χ4n) is 1.23. The van der Waals surface area contributed by atoms with Crippen LogP contribution >= 0.6 is 11.5 Å². The van der Waals surface area contributed by atoms with Crippen molar-refractivity contribution in [3.05, 3.63) is 11.1 Å². The maximum atomic E-state index is 4.93. The lowest BCUT2D eigenvalue weighted by molar-refractivity contribution is 0.385. The Balaban J connectivity index is 2.19. The number of nitrogens with one attached hydrogen (secondary N) is 1. The third-order valence-electron chi connectivity index (χ3n) is 1.89. The van der Waals surface area contributed by atoms with Gasteiger partial charge < -0.3 is 10.1 Å². The van der Waals surface area contributed by atoms with Gasteiger partial charge in [0.15, 0.2) is 0 Å². The summed E-state index contributed by atoms with van der Waals surface area (Å²) in [6.45, 7) is 1.94. The summed E-state index contributed by atoms with van der Waals surface area (Å²) in [7, 11) is 1.58. The summed E-state index contributed by atoms with van der Waals surface area (Å²) in [4.78, 5) is 4.23. The molecule has 4 nitrogen and oxygen atoms in total. The van der Waals surface area contributed by atoms with E-state index in [0.717, 1.165) is 24.5 Å². The van der Waals surface area contributed by atoms with Gasteiger partial charge in [-0.1, -0.05) is 6.08 Å². The van der Waals surface area contributed by atoms with Gasteiger partial charge in [0, 0.05) is 6.54 Å². The second-order valence-corrected chi connectivity index (χ2v) is 3.53. The average molecular weight is 197 g/mol. The Morgan fingerprint density at radius 3 is 3.15 bits per heavy atom. The van der Waals surface area contributed by atoms with Crippen molar-refractivity contribution in [2.75, 3.05) is 20.2 Å². The molecule has 0 fully saturated rings. The molecule has 2 heterocycles. The van der Waals surface area contributed by atoms with Crippen molar-refractivity contribution < 1.29 is 4.74 Å². The number of methoxy groups -OCH3 is 1. The lowest BCUT2D eigenvalue weighted by Gasteiger charge is -2.10. The summed E-state index contributed by atoms with van der Waals surface area (Å²) in [5, 5.41) is 4.25. The molecule has 5 heteroatoms. The quantitative estimate of drug-likeness (QED) is 0.766. The molecule has 0 unspecified atom stereocenters. The summed E-state index contributed by atoms with van der Waals surface area (Å²) in [5.41, 5.74) is 1.23. The number of hydrogen-bond acceptors (Lipinski definition) is 5. The average Bonchev–Trinajstić information content (AvgIpc) is 2.67. The van der Waals surface area contributed by atoms with Gasteiger partial charge >= 0.3 is 6.01 Å². The highest BCUT2D eigenvalue weighted by molar-refractivity contribution is 7.06. The Bertz CT molecular complexity index is 321. The van der Waals surface area contributed by atoms with Crippen LogP contribution in [0.1, 0.15) is 11.4 Å². The van der Waals surface area contributed by atoms with Crippen molar-refractivity contribution in [2.24, 2.45) is 0 Å². The Morgan fingerprint density at radius 1 is 1.62 bits per heavy atom. The van der Waals surface area contributed by atoms with Crippen LogP contribution in [0.5, 0.6) is 6.01 Å². The molecule has 1 aromatic rings. The van der Waals surface area contributed by atoms with Crippen molar-refractivity contribution in [1.82, 2.24) is 14.7 Å². The summed E-state index contributed by atoms with van der Waals surface area (Å²) < 4.78 is 8.98. The van der Waals surface area contributed by atoms with Crippen LogP contribution in [-0.2, 0) is 0 Å². The first kappa shape index (κ1) is 8.65. The molecule has 70 valence electrons. The molecule has 1 aliphatic heterocycles. The summed E-state index contributed by atoms with van der Waals surface area (Å²) in [6, 6.07) is 0.464. The minimum absolute atomic E-state index is 0.464. The second kappa shape index (κ2) is 3.85. The van der Waals surface area contributed by atoms with Gasteiger partial charge in [-0.2, -0.15) is 4.98 Å². The molecule has 0 aromatic carbocycles. The van der Waals surface area contributed by atoms with Crippen molar-refractivity contribution in [3.8, 4) is 6.01 Å². The molecule has 0 amide bonds. The smallest absolute Gasteiger partial charge is 0.328 e. The van der Waals surface area contributed by atoms with E-state index in [1.807, 2.05) is 0 Å². The van der Waals surface area contributed by atoms with Gasteiger partial charge in [-0.15, -0.1) is 4.37 Å². The summed E-state index contributed by atoms with van der Waals surface area (Å²) >= 11 is 1.39. The van der Waals surface area contributed by atoms with Gasteiger partial charge in [-0.3, -0.25) is 0 Å². The predicted molar refractivity (Wildman–Crippen MR) is 51.9 cm³/mol. The van der Waals surface area contributed by atoms with E-state index in [2.05, 4.69) is 20.8 Å². The standard InChI is InChI=1S/C8H11N3OS/c1-12-8-10-7(13-11-8)6-3-2-4-9-5-6/h3,9H,2,4-5H2,1H3. The predicted octanol–water partition coefficient (Wildman–Crippen LogP) is 0.923. The fraction of sp³-hybridized carbons (Fsp3) is 0.500. The zero-order valence-corrected chi connectivity index (χ0v) is 8.23. The minimum Gasteiger partial charge on any atom is -0.466 e. The van der Waals surface area contributed by atoms with Crippen LogP contribution in [-0.4, -0.2) is 29.6 Å². The molecule has 1 aromatic heterocycles. The number of hydrogen-bond donors (Lipinski definition) is 1. The fourth-order valence-corrected chi connectivity index (χ4v) is 1.90. The normalized spacial score (nSPS) is 16.8. The molecule has 0 spiro atoms. The maximum Gasteiger partial charge on any atom is 0.328 e. The van der Waals surface area contributed by atoms with Crippen molar-refractivity contribution >= 4 is 17.1 Å². The van der Waals surface area contributed by atoms with Crippen molar-refractivity contribution in [3.63, 3.8) is 0 Å². The van der Waals surface area contributed by atoms with Gasteiger partial charge in [0.25, 0.3) is 0 Å². The van der Waals surface area contributed by atoms with E-state index in [9.17, 15) is 0 Å². The third-order valence-corrected chi connectivity index (χ3v) is 2.67. The molecule has 13 heavy (non-hydrogen) atoms. The highest BCUT2D eigenvalue weighted by Crippen LogP contribution is 2.20. The van der Waals surface area contributed by atoms with E-state index in [4.69, 9.17) is 4.74 Å². The number of ether oxygens (including phenoxy) is 1. The molecule has 1 aliphatic rings. The van der Waals surface area contributed by atoms with Gasteiger partial charge in [0.1, 0.15) is 5.01 Å². The van der Waals surface area contributed by atoms with Crippen molar-refractivity contribution in [2.45, 2.75) is 6.42 Å². The molecule has 2 rings (SSSR count). The molecule has 0 saturated carbocycles. The first-order valence-corrected chi connectivity index (χ1v) is 4.95. The molecule has 0 bridgehead atoms. The zero-order chi connectivity index (χ0) is 9.10. The van der Waals surface area contributed by atoms with Crippen LogP contribution in [0, 0.1) is 0 Å². The number of rotatable bonds is 2. The Hall–Kier alpha value is -0.940. The first-order valence-electron chi connectivity index (χ1n) is 4.18. The lowest BCUT2D eigenvalue weighted by Crippen LogP contribution is -2.21. The third kappa shape index (κ3) is 1.87. The molecule has 1 N–H and O–H groups in total. The highest BCUT2D eigenvalue weighted by atomic mass is 32.1. The van der Waals surface area contributed by atoms with Crippen LogP contribution in [0.2, 0.25) is 0 Å². The second-order valence-electron chi connectivity index (χ2n) is 2.78. The zero-order valence-electron chi connectivity index (χ0n) is 7.41. The SMILES string of the molecule is COc1nsc(C2=CCCNC2)n1. The Labute approximate surface area is 80.8 Å². The molecule has 0 saturated heterocycles. The Kier molecular flexibility index (Phi) is 2.56. The first-order chi connectivity index (χ1) is 6.40. The molecule has 0 radical (unpaired) electrons. The van der Waals surface area contributed by atoms with Crippen LogP contribution < -0.4 is 10.1 Å². The number of nitrogens with zero attached hydrogens (tertiary/aromatic N) is 2. The maximum absolute atomic E-state index is 4.93. The highest BCUT2D eigenvalue weighted by Gasteiger charge is 2.10. The summed E-state index contributed by atoms with van der Waals surface area (Å²) in [5.74, 6) is 0. The van der Waals surface area contributed by atoms with E-state index in [1.165, 1.54) is 17.1 Å². The summed E-state index contributed by atoms with van der Waals surface area (Å²) in [6.07, 6.45) is 3.27. The largest absolute Gasteiger partial charge is 0.466 e. The molecular formula is C8H11N3OS. The molecule has 0 atom stereocenters. The lowest BCUT2D eigenvalue weighted by atomic mass is 10.2. The van der Waals surface area contributed by atoms with E-state index >= 15 is 0 Å². The number of aromatic nitrogens is 2. The van der Waals surface area contributed by atoms with E-state index < -0.39 is 0 Å².